The molecule has 0 heterocycles. The molecule has 1 aromatic carbocycles. The summed E-state index contributed by atoms with van der Waals surface area (Å²) in [6.45, 7) is 5.27. The van der Waals surface area contributed by atoms with Crippen LogP contribution in [0.3, 0.4) is 0 Å². The number of nitrogens with zero attached hydrogens (tertiary/aromatic N) is 2. The summed E-state index contributed by atoms with van der Waals surface area (Å²) in [5.74, 6) is 0.809. The lowest BCUT2D eigenvalue weighted by molar-refractivity contribution is 0.318. The molecule has 2 rings (SSSR count). The van der Waals surface area contributed by atoms with E-state index in [0.717, 1.165) is 18.2 Å². The molecule has 0 bridgehead atoms. The van der Waals surface area contributed by atoms with Crippen molar-refractivity contribution in [3.8, 4) is 0 Å². The number of anilines is 1. The van der Waals surface area contributed by atoms with Crippen LogP contribution in [0.4, 0.5) is 5.69 Å². The molecular formula is C14H20ClN3O. The first-order valence-corrected chi connectivity index (χ1v) is 6.95. The molecule has 19 heavy (non-hydrogen) atoms. The Kier molecular flexibility index (Phi) is 4.20. The fraction of sp³-hybridized carbons (Fsp3) is 0.500. The predicted octanol–water partition coefficient (Wildman–Crippen LogP) is 3.06. The monoisotopic (exact) mass is 281 g/mol. The highest BCUT2D eigenvalue weighted by Crippen LogP contribution is 2.35. The Bertz CT molecular complexity index is 484. The quantitative estimate of drug-likeness (QED) is 0.377. The molecule has 0 aliphatic heterocycles. The zero-order valence-electron chi connectivity index (χ0n) is 11.3. The van der Waals surface area contributed by atoms with Crippen LogP contribution in [0.2, 0.25) is 5.02 Å². The minimum atomic E-state index is 0.0575. The Hall–Kier alpha value is -1.42. The third-order valence-electron chi connectivity index (χ3n) is 3.44. The maximum atomic E-state index is 8.94. The van der Waals surface area contributed by atoms with Gasteiger partial charge in [-0.05, 0) is 44.7 Å². The van der Waals surface area contributed by atoms with E-state index in [-0.39, 0.29) is 5.84 Å². The van der Waals surface area contributed by atoms with Gasteiger partial charge in [-0.3, -0.25) is 0 Å². The normalized spacial score (nSPS) is 15.9. The summed E-state index contributed by atoms with van der Waals surface area (Å²) in [6.07, 6.45) is 2.56. The number of rotatable bonds is 5. The largest absolute Gasteiger partial charge is 0.409 e. The average molecular weight is 282 g/mol. The standard InChI is InChI=1S/C14H20ClN3O/c1-9(2)18(8-10-6-7-10)12-5-3-4-11(15)13(12)14(16)17-19/h3-5,9-10,19H,6-8H2,1-2H3,(H2,16,17). The van der Waals surface area contributed by atoms with Gasteiger partial charge in [0.25, 0.3) is 0 Å². The van der Waals surface area contributed by atoms with E-state index < -0.39 is 0 Å². The second kappa shape index (κ2) is 5.70. The fourth-order valence-corrected chi connectivity index (χ4v) is 2.49. The summed E-state index contributed by atoms with van der Waals surface area (Å²) >= 11 is 6.21. The minimum absolute atomic E-state index is 0.0575. The Labute approximate surface area is 118 Å². The molecule has 0 amide bonds. The summed E-state index contributed by atoms with van der Waals surface area (Å²) in [6, 6.07) is 5.97. The molecule has 1 aliphatic carbocycles. The van der Waals surface area contributed by atoms with E-state index in [9.17, 15) is 0 Å². The zero-order chi connectivity index (χ0) is 14.0. The lowest BCUT2D eigenvalue weighted by Gasteiger charge is -2.31. The van der Waals surface area contributed by atoms with Gasteiger partial charge in [0.05, 0.1) is 10.6 Å². The average Bonchev–Trinajstić information content (AvgIpc) is 3.18. The molecule has 3 N–H and O–H groups in total. The summed E-state index contributed by atoms with van der Waals surface area (Å²) in [7, 11) is 0. The van der Waals surface area contributed by atoms with Gasteiger partial charge in [0.1, 0.15) is 0 Å². The van der Waals surface area contributed by atoms with Crippen LogP contribution in [0.25, 0.3) is 0 Å². The smallest absolute Gasteiger partial charge is 0.173 e. The molecule has 0 unspecified atom stereocenters. The van der Waals surface area contributed by atoms with Crippen LogP contribution in [0, 0.1) is 5.92 Å². The van der Waals surface area contributed by atoms with Crippen LogP contribution in [0.15, 0.2) is 23.4 Å². The van der Waals surface area contributed by atoms with Gasteiger partial charge >= 0.3 is 0 Å². The van der Waals surface area contributed by atoms with Crippen molar-refractivity contribution in [2.75, 3.05) is 11.4 Å². The van der Waals surface area contributed by atoms with Gasteiger partial charge in [-0.25, -0.2) is 0 Å². The van der Waals surface area contributed by atoms with E-state index >= 15 is 0 Å². The second-order valence-electron chi connectivity index (χ2n) is 5.31. The van der Waals surface area contributed by atoms with Crippen molar-refractivity contribution in [3.05, 3.63) is 28.8 Å². The highest BCUT2D eigenvalue weighted by atomic mass is 35.5. The molecule has 1 fully saturated rings. The van der Waals surface area contributed by atoms with Gasteiger partial charge in [-0.2, -0.15) is 0 Å². The van der Waals surface area contributed by atoms with Crippen molar-refractivity contribution < 1.29 is 5.21 Å². The SMILES string of the molecule is CC(C)N(CC1CC1)c1cccc(Cl)c1C(N)=NO. The number of oxime groups is 1. The van der Waals surface area contributed by atoms with E-state index in [2.05, 4.69) is 23.9 Å². The molecule has 1 aliphatic rings. The van der Waals surface area contributed by atoms with E-state index in [1.807, 2.05) is 12.1 Å². The van der Waals surface area contributed by atoms with Crippen molar-refractivity contribution in [1.29, 1.82) is 0 Å². The Morgan fingerprint density at radius 1 is 1.53 bits per heavy atom. The molecule has 1 saturated carbocycles. The molecule has 104 valence electrons. The molecule has 5 heteroatoms. The molecule has 0 spiro atoms. The first kappa shape index (κ1) is 14.0. The molecule has 1 aromatic rings. The summed E-state index contributed by atoms with van der Waals surface area (Å²) < 4.78 is 0. The van der Waals surface area contributed by atoms with Gasteiger partial charge in [0.15, 0.2) is 5.84 Å². The number of hydrogen-bond donors (Lipinski definition) is 2. The van der Waals surface area contributed by atoms with E-state index in [1.54, 1.807) is 6.07 Å². The topological polar surface area (TPSA) is 61.8 Å². The van der Waals surface area contributed by atoms with Gasteiger partial charge < -0.3 is 15.8 Å². The van der Waals surface area contributed by atoms with E-state index in [4.69, 9.17) is 22.5 Å². The van der Waals surface area contributed by atoms with Crippen LogP contribution in [-0.4, -0.2) is 23.6 Å². The lowest BCUT2D eigenvalue weighted by atomic mass is 10.1. The second-order valence-corrected chi connectivity index (χ2v) is 5.72. The maximum Gasteiger partial charge on any atom is 0.173 e. The molecule has 0 saturated heterocycles. The molecule has 4 nitrogen and oxygen atoms in total. The van der Waals surface area contributed by atoms with Crippen molar-refractivity contribution in [1.82, 2.24) is 0 Å². The van der Waals surface area contributed by atoms with Crippen LogP contribution in [0.1, 0.15) is 32.3 Å². The van der Waals surface area contributed by atoms with Crippen molar-refractivity contribution >= 4 is 23.1 Å². The molecule has 0 radical (unpaired) electrons. The van der Waals surface area contributed by atoms with Crippen molar-refractivity contribution in [3.63, 3.8) is 0 Å². The third-order valence-corrected chi connectivity index (χ3v) is 3.76. The fourth-order valence-electron chi connectivity index (χ4n) is 2.22. The van der Waals surface area contributed by atoms with Gasteiger partial charge in [0, 0.05) is 18.3 Å². The number of nitrogens with two attached hydrogens (primary N) is 1. The van der Waals surface area contributed by atoms with Crippen molar-refractivity contribution in [2.24, 2.45) is 16.8 Å². The number of amidine groups is 1. The summed E-state index contributed by atoms with van der Waals surface area (Å²) in [4.78, 5) is 2.27. The van der Waals surface area contributed by atoms with Gasteiger partial charge in [0.2, 0.25) is 0 Å². The highest BCUT2D eigenvalue weighted by Gasteiger charge is 2.27. The first-order chi connectivity index (χ1) is 9.04. The molecule has 0 atom stereocenters. The Morgan fingerprint density at radius 2 is 2.21 bits per heavy atom. The number of hydrogen-bond acceptors (Lipinski definition) is 3. The molecular weight excluding hydrogens is 262 g/mol. The van der Waals surface area contributed by atoms with Crippen LogP contribution < -0.4 is 10.6 Å². The highest BCUT2D eigenvalue weighted by molar-refractivity contribution is 6.34. The summed E-state index contributed by atoms with van der Waals surface area (Å²) in [5, 5.41) is 12.5. The number of benzene rings is 1. The zero-order valence-corrected chi connectivity index (χ0v) is 12.1. The number of halogens is 1. The van der Waals surface area contributed by atoms with E-state index in [0.29, 0.717) is 16.6 Å². The van der Waals surface area contributed by atoms with Crippen LogP contribution >= 0.6 is 11.6 Å². The lowest BCUT2D eigenvalue weighted by Crippen LogP contribution is -2.34. The summed E-state index contributed by atoms with van der Waals surface area (Å²) in [5.41, 5.74) is 7.32. The third kappa shape index (κ3) is 3.13. The van der Waals surface area contributed by atoms with Crippen molar-refractivity contribution in [2.45, 2.75) is 32.7 Å². The maximum absolute atomic E-state index is 8.94. The van der Waals surface area contributed by atoms with Gasteiger partial charge in [-0.1, -0.05) is 22.8 Å². The van der Waals surface area contributed by atoms with Crippen LogP contribution in [-0.2, 0) is 0 Å². The van der Waals surface area contributed by atoms with E-state index in [1.165, 1.54) is 12.8 Å². The Morgan fingerprint density at radius 3 is 2.74 bits per heavy atom. The molecule has 0 aromatic heterocycles. The minimum Gasteiger partial charge on any atom is -0.409 e. The Balaban J connectivity index is 2.43. The first-order valence-electron chi connectivity index (χ1n) is 6.57. The predicted molar refractivity (Wildman–Crippen MR) is 79.2 cm³/mol. The van der Waals surface area contributed by atoms with Crippen LogP contribution in [0.5, 0.6) is 0 Å². The van der Waals surface area contributed by atoms with Gasteiger partial charge in [-0.15, -0.1) is 0 Å².